The Labute approximate surface area is 435 Å². The van der Waals surface area contributed by atoms with Crippen molar-refractivity contribution in [2.24, 2.45) is 17.3 Å². The molecular formula is C56H77N9O7S. The predicted molar refractivity (Wildman–Crippen MR) is 286 cm³/mol. The number of hydrogen-bond acceptors (Lipinski definition) is 11. The van der Waals surface area contributed by atoms with Gasteiger partial charge in [-0.05, 0) is 113 Å². The van der Waals surface area contributed by atoms with Crippen LogP contribution < -0.4 is 10.7 Å². The van der Waals surface area contributed by atoms with Crippen LogP contribution in [0, 0.1) is 17.3 Å². The monoisotopic (exact) mass is 1020 g/mol. The number of ether oxygens (including phenoxy) is 2. The van der Waals surface area contributed by atoms with E-state index in [1.807, 2.05) is 39.1 Å². The van der Waals surface area contributed by atoms with E-state index in [9.17, 15) is 14.4 Å². The number of esters is 1. The number of methoxy groups -OCH3 is 1. The van der Waals surface area contributed by atoms with Gasteiger partial charge in [0.1, 0.15) is 23.2 Å². The van der Waals surface area contributed by atoms with E-state index in [0.717, 1.165) is 63.9 Å². The van der Waals surface area contributed by atoms with Crippen LogP contribution in [-0.4, -0.2) is 136 Å². The molecule has 5 amide bonds. The number of nitrogens with zero attached hydrogens (tertiary/aromatic N) is 7. The highest BCUT2D eigenvalue weighted by Gasteiger charge is 2.47. The zero-order valence-corrected chi connectivity index (χ0v) is 45.5. The molecular weight excluding hydrogens is 943 g/mol. The second-order valence-electron chi connectivity index (χ2n) is 21.8. The maximum absolute atomic E-state index is 15.4. The fourth-order valence-electron chi connectivity index (χ4n) is 10.9. The second-order valence-corrected chi connectivity index (χ2v) is 22.7. The van der Waals surface area contributed by atoms with Gasteiger partial charge in [-0.3, -0.25) is 29.2 Å². The van der Waals surface area contributed by atoms with Gasteiger partial charge >= 0.3 is 12.0 Å². The number of amides is 5. The van der Waals surface area contributed by atoms with Gasteiger partial charge in [0.15, 0.2) is 0 Å². The number of pyridine rings is 1. The highest BCUT2D eigenvalue weighted by molar-refractivity contribution is 7.10. The van der Waals surface area contributed by atoms with E-state index in [0.29, 0.717) is 56.4 Å². The molecule has 73 heavy (non-hydrogen) atoms. The first-order valence-corrected chi connectivity index (χ1v) is 26.7. The average Bonchev–Trinajstić information content (AvgIpc) is 3.97. The number of carbonyl (C=O) groups excluding carboxylic acids is 5. The molecule has 3 aromatic heterocycles. The lowest BCUT2D eigenvalue weighted by atomic mass is 9.83. The molecule has 0 saturated carbocycles. The van der Waals surface area contributed by atoms with Crippen molar-refractivity contribution in [1.29, 1.82) is 0 Å². The Morgan fingerprint density at radius 3 is 2.49 bits per heavy atom. The third kappa shape index (κ3) is 11.7. The first-order valence-electron chi connectivity index (χ1n) is 25.9. The minimum atomic E-state index is -1.61. The first kappa shape index (κ1) is 54.9. The number of piperidine rings is 1. The van der Waals surface area contributed by atoms with Crippen molar-refractivity contribution < 1.29 is 33.4 Å². The van der Waals surface area contributed by atoms with Crippen molar-refractivity contribution in [3.8, 4) is 22.5 Å². The summed E-state index contributed by atoms with van der Waals surface area (Å²) in [4.78, 5) is 85.9. The molecule has 7 rings (SSSR count). The molecule has 3 atom stereocenters. The molecule has 4 aromatic rings. The molecule has 1 aromatic carbocycles. The lowest BCUT2D eigenvalue weighted by molar-refractivity contribution is -0.157. The Kier molecular flexibility index (Phi) is 17.0. The van der Waals surface area contributed by atoms with Crippen molar-refractivity contribution in [3.05, 3.63) is 83.5 Å². The van der Waals surface area contributed by atoms with Crippen LogP contribution in [0.25, 0.3) is 33.4 Å². The van der Waals surface area contributed by atoms with Crippen molar-refractivity contribution in [1.82, 2.24) is 45.0 Å². The number of fused-ring (bicyclic) bond motifs is 6. The number of hydrogen-bond donors (Lipinski definition) is 2. The van der Waals surface area contributed by atoms with Gasteiger partial charge < -0.3 is 34.1 Å². The third-order valence-corrected chi connectivity index (χ3v) is 15.9. The van der Waals surface area contributed by atoms with Gasteiger partial charge in [-0.25, -0.2) is 15.2 Å². The van der Waals surface area contributed by atoms with Crippen molar-refractivity contribution in [2.75, 3.05) is 54.0 Å². The minimum Gasteiger partial charge on any atom is -0.464 e. The van der Waals surface area contributed by atoms with E-state index in [4.69, 9.17) is 19.4 Å². The summed E-state index contributed by atoms with van der Waals surface area (Å²) in [5.74, 6) is -1.50. The Morgan fingerprint density at radius 1 is 1.08 bits per heavy atom. The van der Waals surface area contributed by atoms with Crippen LogP contribution in [0.4, 0.5) is 4.79 Å². The number of nitrogens with one attached hydrogen (secondary N) is 2. The number of carbonyl (C=O) groups is 5. The Morgan fingerprint density at radius 2 is 1.82 bits per heavy atom. The summed E-state index contributed by atoms with van der Waals surface area (Å²) >= 11 is 1.41. The van der Waals surface area contributed by atoms with Crippen LogP contribution >= 0.6 is 11.3 Å². The zero-order valence-electron chi connectivity index (χ0n) is 44.7. The van der Waals surface area contributed by atoms with E-state index in [1.165, 1.54) is 27.3 Å². The number of aryl methyl sites for hydroxylation is 1. The summed E-state index contributed by atoms with van der Waals surface area (Å²) in [6.45, 7) is 24.5. The first-order chi connectivity index (χ1) is 34.7. The van der Waals surface area contributed by atoms with Crippen LogP contribution in [0.2, 0.25) is 0 Å². The zero-order chi connectivity index (χ0) is 53.0. The Bertz CT molecular complexity index is 2700. The number of thiazole rings is 1. The van der Waals surface area contributed by atoms with Crippen molar-refractivity contribution in [3.63, 3.8) is 0 Å². The minimum absolute atomic E-state index is 0.0161. The van der Waals surface area contributed by atoms with Crippen molar-refractivity contribution in [2.45, 2.75) is 130 Å². The second kappa shape index (κ2) is 22.7. The van der Waals surface area contributed by atoms with Crippen LogP contribution in [0.3, 0.4) is 0 Å². The highest BCUT2D eigenvalue weighted by atomic mass is 32.1. The maximum atomic E-state index is 15.4. The van der Waals surface area contributed by atoms with Crippen LogP contribution in [0.5, 0.6) is 0 Å². The molecule has 6 heterocycles. The SMILES string of the molecule is C=CC[C@]1(NC(=O)[C@H](C(C)C)N(C)C(=O)N2CCC(CCN(C)C(=O)C=C)CC2)Cc2nc(cs2)-c2ccc3c(c2)c(c(-c2cccnc2C(C)(C)OC)n3CC)CC(C)(C)COC(=O)[C@@H]2CCCN(N2)C1=O. The summed E-state index contributed by atoms with van der Waals surface area (Å²) in [7, 11) is 5.10. The van der Waals surface area contributed by atoms with Gasteiger partial charge in [-0.15, -0.1) is 17.9 Å². The molecule has 0 aliphatic carbocycles. The van der Waals surface area contributed by atoms with Gasteiger partial charge in [-0.1, -0.05) is 46.4 Å². The van der Waals surface area contributed by atoms with Crippen LogP contribution in [-0.2, 0) is 53.6 Å². The number of hydrazine groups is 1. The molecule has 0 unspecified atom stereocenters. The molecule has 0 spiro atoms. The number of likely N-dealkylation sites (tertiary alicyclic amines) is 1. The van der Waals surface area contributed by atoms with Gasteiger partial charge in [0, 0.05) is 99.4 Å². The smallest absolute Gasteiger partial charge is 0.324 e. The summed E-state index contributed by atoms with van der Waals surface area (Å²) in [6.07, 6.45) is 8.68. The lowest BCUT2D eigenvalue weighted by Crippen LogP contribution is -2.68. The summed E-state index contributed by atoms with van der Waals surface area (Å²) in [5.41, 5.74) is 6.90. The Balaban J connectivity index is 1.26. The average molecular weight is 1020 g/mol. The van der Waals surface area contributed by atoms with Gasteiger partial charge in [-0.2, -0.15) is 0 Å². The lowest BCUT2D eigenvalue weighted by Gasteiger charge is -2.42. The summed E-state index contributed by atoms with van der Waals surface area (Å²) in [5, 5.41) is 8.30. The van der Waals surface area contributed by atoms with Crippen LogP contribution in [0.1, 0.15) is 103 Å². The molecule has 2 fully saturated rings. The Hall–Kier alpha value is -5.91. The number of aromatic nitrogens is 3. The normalized spacial score (nSPS) is 20.3. The van der Waals surface area contributed by atoms with Gasteiger partial charge in [0.05, 0.1) is 28.7 Å². The molecule has 394 valence electrons. The molecule has 2 N–H and O–H groups in total. The number of rotatable bonds is 14. The highest BCUT2D eigenvalue weighted by Crippen LogP contribution is 2.43. The van der Waals surface area contributed by atoms with Crippen molar-refractivity contribution >= 4 is 52.0 Å². The van der Waals surface area contributed by atoms with E-state index in [2.05, 4.69) is 73.5 Å². The van der Waals surface area contributed by atoms with E-state index in [-0.39, 0.29) is 43.8 Å². The van der Waals surface area contributed by atoms with E-state index >= 15 is 9.59 Å². The molecule has 3 aliphatic heterocycles. The molecule has 3 aliphatic rings. The van der Waals surface area contributed by atoms with E-state index in [1.54, 1.807) is 43.3 Å². The molecule has 0 radical (unpaired) electrons. The predicted octanol–water partition coefficient (Wildman–Crippen LogP) is 8.15. The number of urea groups is 1. The summed E-state index contributed by atoms with van der Waals surface area (Å²) < 4.78 is 14.5. The molecule has 2 saturated heterocycles. The quantitative estimate of drug-likeness (QED) is 0.0714. The fraction of sp³-hybridized carbons (Fsp3) is 0.554. The molecule has 16 nitrogen and oxygen atoms in total. The molecule has 17 heteroatoms. The standard InChI is InChI=1S/C56H77N9O7S/c1-13-25-56(59-50(67)47(36(4)5)62(11)53(70)63-29-23-37(24-30-63)22-28-61(10)46(66)14-2)33-45-58-43(34-73-45)38-20-21-44-40(31-38)41(48(64(44)15-3)39-18-16-26-57-49(39)55(8,9)71-12)32-54(6,7)35-72-51(68)42-19-17-27-65(60-42)52(56)69/h13-14,16,18,20-21,26,31,34,36-37,42,47,60H,1-2,15,17,19,22-25,27-30,32-33,35H2,3-12H3,(H,59,67)/t42-,47-,56-/m0/s1. The van der Waals surface area contributed by atoms with Crippen LogP contribution in [0.15, 0.2) is 67.2 Å². The topological polar surface area (TPSA) is 172 Å². The summed E-state index contributed by atoms with van der Waals surface area (Å²) in [6, 6.07) is 8.41. The maximum Gasteiger partial charge on any atom is 0.324 e. The third-order valence-electron chi connectivity index (χ3n) is 15.1. The van der Waals surface area contributed by atoms with Gasteiger partial charge in [0.2, 0.25) is 11.8 Å². The van der Waals surface area contributed by atoms with E-state index < -0.39 is 46.4 Å². The number of likely N-dealkylation sites (N-methyl/N-ethyl adjacent to an activating group) is 2. The number of cyclic esters (lactones) is 1. The fourth-order valence-corrected chi connectivity index (χ4v) is 11.8. The molecule has 6 bridgehead atoms. The largest absolute Gasteiger partial charge is 0.464 e. The number of benzene rings is 1. The van der Waals surface area contributed by atoms with Gasteiger partial charge in [0.25, 0.3) is 5.91 Å².